The summed E-state index contributed by atoms with van der Waals surface area (Å²) in [5.41, 5.74) is 1.09. The zero-order valence-electron chi connectivity index (χ0n) is 13.7. The molecule has 126 valence electrons. The van der Waals surface area contributed by atoms with Crippen LogP contribution in [0.3, 0.4) is 0 Å². The van der Waals surface area contributed by atoms with Crippen LogP contribution in [0.5, 0.6) is 5.75 Å². The normalized spacial score (nSPS) is 23.8. The van der Waals surface area contributed by atoms with E-state index in [2.05, 4.69) is 21.3 Å². The van der Waals surface area contributed by atoms with Crippen LogP contribution in [0.15, 0.2) is 30.5 Å². The summed E-state index contributed by atoms with van der Waals surface area (Å²) < 4.78 is 5.29. The van der Waals surface area contributed by atoms with E-state index in [1.807, 2.05) is 24.4 Å². The van der Waals surface area contributed by atoms with Crippen LogP contribution in [0.25, 0.3) is 10.6 Å². The van der Waals surface area contributed by atoms with Crippen LogP contribution in [0, 0.1) is 5.92 Å². The number of nitrogens with one attached hydrogen (secondary N) is 1. The number of ether oxygens (including phenoxy) is 1. The fourth-order valence-corrected chi connectivity index (χ4v) is 4.57. The van der Waals surface area contributed by atoms with Gasteiger partial charge in [0.15, 0.2) is 0 Å². The summed E-state index contributed by atoms with van der Waals surface area (Å²) in [5.74, 6) is 1.59. The third-order valence-electron chi connectivity index (χ3n) is 4.88. The van der Waals surface area contributed by atoms with Crippen molar-refractivity contribution in [2.45, 2.75) is 25.4 Å². The lowest BCUT2D eigenvalue weighted by molar-refractivity contribution is -0.119. The standard InChI is InChI=1S/C18H21N3O2S/c1-23-14-4-2-3-13(7-14)18-19-9-15(24-18)10-21-6-5-12-8-17(22)20-16(12)11-21/h2-4,7,9,12,16H,5-6,8,10-11H2,1H3,(H,20,22)/t12-,16-/m1/s1. The Bertz CT molecular complexity index is 745. The van der Waals surface area contributed by atoms with Gasteiger partial charge in [-0.2, -0.15) is 0 Å². The van der Waals surface area contributed by atoms with Crippen molar-refractivity contribution in [3.8, 4) is 16.3 Å². The van der Waals surface area contributed by atoms with E-state index in [1.54, 1.807) is 18.4 Å². The van der Waals surface area contributed by atoms with Crippen molar-refractivity contribution < 1.29 is 9.53 Å². The third kappa shape index (κ3) is 3.16. The van der Waals surface area contributed by atoms with Crippen LogP contribution < -0.4 is 10.1 Å². The molecule has 4 rings (SSSR count). The quantitative estimate of drug-likeness (QED) is 0.927. The van der Waals surface area contributed by atoms with Crippen molar-refractivity contribution in [3.05, 3.63) is 35.3 Å². The highest BCUT2D eigenvalue weighted by Crippen LogP contribution is 2.30. The Morgan fingerprint density at radius 2 is 2.38 bits per heavy atom. The lowest BCUT2D eigenvalue weighted by Gasteiger charge is -2.33. The molecule has 24 heavy (non-hydrogen) atoms. The van der Waals surface area contributed by atoms with Crippen LogP contribution in [0.2, 0.25) is 0 Å². The molecule has 6 heteroatoms. The first-order valence-electron chi connectivity index (χ1n) is 8.32. The molecule has 3 heterocycles. The van der Waals surface area contributed by atoms with Gasteiger partial charge in [0.05, 0.1) is 7.11 Å². The second-order valence-electron chi connectivity index (χ2n) is 6.53. The smallest absolute Gasteiger partial charge is 0.220 e. The maximum atomic E-state index is 11.5. The van der Waals surface area contributed by atoms with Gasteiger partial charge in [0.25, 0.3) is 0 Å². The number of methoxy groups -OCH3 is 1. The van der Waals surface area contributed by atoms with E-state index in [0.717, 1.165) is 42.4 Å². The van der Waals surface area contributed by atoms with Gasteiger partial charge in [-0.3, -0.25) is 9.69 Å². The molecular formula is C18H21N3O2S. The molecule has 0 spiro atoms. The van der Waals surface area contributed by atoms with Crippen molar-refractivity contribution in [2.24, 2.45) is 5.92 Å². The molecule has 0 aliphatic carbocycles. The number of benzene rings is 1. The van der Waals surface area contributed by atoms with Crippen LogP contribution in [0.1, 0.15) is 17.7 Å². The molecule has 0 unspecified atom stereocenters. The number of amides is 1. The van der Waals surface area contributed by atoms with E-state index in [-0.39, 0.29) is 5.91 Å². The number of piperidine rings is 1. The summed E-state index contributed by atoms with van der Waals surface area (Å²) in [4.78, 5) is 19.8. The van der Waals surface area contributed by atoms with Gasteiger partial charge in [0.2, 0.25) is 5.91 Å². The van der Waals surface area contributed by atoms with E-state index in [9.17, 15) is 4.79 Å². The number of thiazole rings is 1. The first kappa shape index (κ1) is 15.6. The molecule has 1 amide bonds. The van der Waals surface area contributed by atoms with E-state index in [0.29, 0.717) is 18.4 Å². The minimum absolute atomic E-state index is 0.213. The summed E-state index contributed by atoms with van der Waals surface area (Å²) in [6, 6.07) is 8.34. The zero-order chi connectivity index (χ0) is 16.5. The predicted octanol–water partition coefficient (Wildman–Crippen LogP) is 2.53. The third-order valence-corrected chi connectivity index (χ3v) is 5.91. The molecule has 2 atom stereocenters. The molecule has 0 bridgehead atoms. The van der Waals surface area contributed by atoms with Gasteiger partial charge in [-0.05, 0) is 31.0 Å². The number of fused-ring (bicyclic) bond motifs is 1. The number of carbonyl (C=O) groups excluding carboxylic acids is 1. The fourth-order valence-electron chi connectivity index (χ4n) is 3.61. The van der Waals surface area contributed by atoms with Crippen LogP contribution >= 0.6 is 11.3 Å². The number of nitrogens with zero attached hydrogens (tertiary/aromatic N) is 2. The molecule has 2 aliphatic rings. The van der Waals surface area contributed by atoms with Crippen LogP contribution in [-0.2, 0) is 11.3 Å². The summed E-state index contributed by atoms with van der Waals surface area (Å²) in [6.45, 7) is 2.91. The minimum atomic E-state index is 0.213. The second-order valence-corrected chi connectivity index (χ2v) is 7.64. The number of carbonyl (C=O) groups is 1. The minimum Gasteiger partial charge on any atom is -0.497 e. The second kappa shape index (κ2) is 6.53. The Morgan fingerprint density at radius 1 is 1.46 bits per heavy atom. The van der Waals surface area contributed by atoms with E-state index < -0.39 is 0 Å². The number of rotatable bonds is 4. The first-order valence-corrected chi connectivity index (χ1v) is 9.14. The Labute approximate surface area is 145 Å². The Kier molecular flexibility index (Phi) is 4.24. The molecule has 1 N–H and O–H groups in total. The molecule has 0 radical (unpaired) electrons. The Morgan fingerprint density at radius 3 is 3.25 bits per heavy atom. The molecule has 1 aromatic carbocycles. The topological polar surface area (TPSA) is 54.5 Å². The summed E-state index contributed by atoms with van der Waals surface area (Å²) >= 11 is 1.73. The van der Waals surface area contributed by atoms with Crippen molar-refractivity contribution in [3.63, 3.8) is 0 Å². The van der Waals surface area contributed by atoms with Gasteiger partial charge in [0, 0.05) is 42.2 Å². The monoisotopic (exact) mass is 343 g/mol. The molecule has 2 aromatic rings. The number of aromatic nitrogens is 1. The Hall–Kier alpha value is -1.92. The average Bonchev–Trinajstić information content (AvgIpc) is 3.20. The molecule has 2 saturated heterocycles. The summed E-state index contributed by atoms with van der Waals surface area (Å²) in [5, 5.41) is 4.13. The van der Waals surface area contributed by atoms with Crippen LogP contribution in [-0.4, -0.2) is 42.0 Å². The molecular weight excluding hydrogens is 322 g/mol. The fraction of sp³-hybridized carbons (Fsp3) is 0.444. The highest BCUT2D eigenvalue weighted by Gasteiger charge is 2.36. The van der Waals surface area contributed by atoms with Gasteiger partial charge in [-0.15, -0.1) is 11.3 Å². The van der Waals surface area contributed by atoms with Crippen molar-refractivity contribution in [2.75, 3.05) is 20.2 Å². The van der Waals surface area contributed by atoms with Crippen molar-refractivity contribution >= 4 is 17.2 Å². The molecule has 2 aliphatic heterocycles. The maximum Gasteiger partial charge on any atom is 0.220 e. The number of hydrogen-bond donors (Lipinski definition) is 1. The zero-order valence-corrected chi connectivity index (χ0v) is 14.5. The largest absolute Gasteiger partial charge is 0.497 e. The van der Waals surface area contributed by atoms with E-state index in [4.69, 9.17) is 4.74 Å². The van der Waals surface area contributed by atoms with Gasteiger partial charge in [-0.1, -0.05) is 12.1 Å². The van der Waals surface area contributed by atoms with Gasteiger partial charge in [-0.25, -0.2) is 4.98 Å². The molecule has 5 nitrogen and oxygen atoms in total. The number of likely N-dealkylation sites (tertiary alicyclic amines) is 1. The summed E-state index contributed by atoms with van der Waals surface area (Å²) in [6.07, 6.45) is 3.78. The average molecular weight is 343 g/mol. The van der Waals surface area contributed by atoms with Crippen molar-refractivity contribution in [1.29, 1.82) is 0 Å². The highest BCUT2D eigenvalue weighted by molar-refractivity contribution is 7.15. The highest BCUT2D eigenvalue weighted by atomic mass is 32.1. The van der Waals surface area contributed by atoms with Crippen LogP contribution in [0.4, 0.5) is 0 Å². The molecule has 1 aromatic heterocycles. The van der Waals surface area contributed by atoms with Crippen molar-refractivity contribution in [1.82, 2.24) is 15.2 Å². The Balaban J connectivity index is 1.43. The lowest BCUT2D eigenvalue weighted by Crippen LogP contribution is -2.46. The molecule has 0 saturated carbocycles. The van der Waals surface area contributed by atoms with E-state index >= 15 is 0 Å². The lowest BCUT2D eigenvalue weighted by atomic mass is 9.92. The first-order chi connectivity index (χ1) is 11.7. The van der Waals surface area contributed by atoms with Gasteiger partial charge < -0.3 is 10.1 Å². The van der Waals surface area contributed by atoms with Gasteiger partial charge in [0.1, 0.15) is 10.8 Å². The number of hydrogen-bond acceptors (Lipinski definition) is 5. The molecule has 2 fully saturated rings. The van der Waals surface area contributed by atoms with Gasteiger partial charge >= 0.3 is 0 Å². The summed E-state index contributed by atoms with van der Waals surface area (Å²) in [7, 11) is 1.68. The van der Waals surface area contributed by atoms with E-state index in [1.165, 1.54) is 4.88 Å². The predicted molar refractivity (Wildman–Crippen MR) is 94.0 cm³/mol. The SMILES string of the molecule is COc1cccc(-c2ncc(CN3CC[C@@H]4CC(=O)N[C@@H]4C3)s2)c1. The maximum absolute atomic E-state index is 11.5.